The molecule has 0 aliphatic rings. The van der Waals surface area contributed by atoms with Crippen molar-refractivity contribution >= 4 is 0 Å². The Bertz CT molecular complexity index is 377. The van der Waals surface area contributed by atoms with Crippen molar-refractivity contribution in [2.24, 2.45) is 0 Å². The molecule has 1 aromatic rings. The van der Waals surface area contributed by atoms with Crippen LogP contribution in [0.25, 0.3) is 0 Å². The molecule has 0 saturated heterocycles. The maximum Gasteiger partial charge on any atom is 0.132 e. The Labute approximate surface area is 101 Å². The number of aliphatic hydroxyl groups excluding tert-OH is 1. The van der Waals surface area contributed by atoms with Gasteiger partial charge >= 0.3 is 0 Å². The first-order valence-electron chi connectivity index (χ1n) is 5.46. The summed E-state index contributed by atoms with van der Waals surface area (Å²) in [6, 6.07) is 4.42. The van der Waals surface area contributed by atoms with Crippen LogP contribution in [-0.4, -0.2) is 24.9 Å². The SMILES string of the molecule is COc1ccc(C(O)CC(C)(C)OC)c(F)c1. The Hall–Kier alpha value is -1.13. The number of methoxy groups -OCH3 is 2. The van der Waals surface area contributed by atoms with E-state index in [0.717, 1.165) is 0 Å². The summed E-state index contributed by atoms with van der Waals surface area (Å²) >= 11 is 0. The van der Waals surface area contributed by atoms with Crippen molar-refractivity contribution in [2.45, 2.75) is 32.0 Å². The van der Waals surface area contributed by atoms with Gasteiger partial charge in [0.1, 0.15) is 11.6 Å². The molecule has 0 spiro atoms. The Kier molecular flexibility index (Phi) is 4.48. The molecule has 0 saturated carbocycles. The van der Waals surface area contributed by atoms with Crippen LogP contribution in [0.4, 0.5) is 4.39 Å². The topological polar surface area (TPSA) is 38.7 Å². The first-order valence-corrected chi connectivity index (χ1v) is 5.46. The van der Waals surface area contributed by atoms with Crippen LogP contribution in [0.2, 0.25) is 0 Å². The quantitative estimate of drug-likeness (QED) is 0.862. The molecular weight excluding hydrogens is 223 g/mol. The van der Waals surface area contributed by atoms with Gasteiger partial charge in [-0.2, -0.15) is 0 Å². The van der Waals surface area contributed by atoms with E-state index in [4.69, 9.17) is 9.47 Å². The predicted molar refractivity (Wildman–Crippen MR) is 63.6 cm³/mol. The van der Waals surface area contributed by atoms with E-state index in [2.05, 4.69) is 0 Å². The highest BCUT2D eigenvalue weighted by Crippen LogP contribution is 2.29. The van der Waals surface area contributed by atoms with Crippen LogP contribution in [-0.2, 0) is 4.74 Å². The minimum Gasteiger partial charge on any atom is -0.497 e. The third-order valence-electron chi connectivity index (χ3n) is 2.80. The average Bonchev–Trinajstić information content (AvgIpc) is 2.28. The summed E-state index contributed by atoms with van der Waals surface area (Å²) in [6.07, 6.45) is -0.567. The van der Waals surface area contributed by atoms with Crippen LogP contribution in [0, 0.1) is 5.82 Å². The molecule has 96 valence electrons. The van der Waals surface area contributed by atoms with E-state index in [1.54, 1.807) is 13.2 Å². The molecule has 0 fully saturated rings. The molecule has 0 bridgehead atoms. The van der Waals surface area contributed by atoms with Gasteiger partial charge in [-0.05, 0) is 26.0 Å². The van der Waals surface area contributed by atoms with E-state index in [1.165, 1.54) is 19.2 Å². The third kappa shape index (κ3) is 3.68. The van der Waals surface area contributed by atoms with Crippen LogP contribution in [0.5, 0.6) is 5.75 Å². The fraction of sp³-hybridized carbons (Fsp3) is 0.538. The summed E-state index contributed by atoms with van der Waals surface area (Å²) in [7, 11) is 3.04. The summed E-state index contributed by atoms with van der Waals surface area (Å²) in [4.78, 5) is 0. The zero-order chi connectivity index (χ0) is 13.1. The van der Waals surface area contributed by atoms with Gasteiger partial charge in [0, 0.05) is 25.2 Å². The summed E-state index contributed by atoms with van der Waals surface area (Å²) in [5, 5.41) is 9.97. The second kappa shape index (κ2) is 5.47. The molecule has 1 rings (SSSR count). The summed E-state index contributed by atoms with van der Waals surface area (Å²) in [5.41, 5.74) is -0.234. The van der Waals surface area contributed by atoms with Gasteiger partial charge in [-0.15, -0.1) is 0 Å². The van der Waals surface area contributed by atoms with Crippen molar-refractivity contribution in [3.8, 4) is 5.75 Å². The van der Waals surface area contributed by atoms with E-state index in [1.807, 2.05) is 13.8 Å². The lowest BCUT2D eigenvalue weighted by molar-refractivity contribution is -0.0207. The van der Waals surface area contributed by atoms with Crippen LogP contribution in [0.1, 0.15) is 31.9 Å². The smallest absolute Gasteiger partial charge is 0.132 e. The van der Waals surface area contributed by atoms with Gasteiger partial charge in [-0.25, -0.2) is 4.39 Å². The molecule has 0 aromatic heterocycles. The Morgan fingerprint density at radius 1 is 1.35 bits per heavy atom. The highest BCUT2D eigenvalue weighted by Gasteiger charge is 2.24. The standard InChI is InChI=1S/C13H19FO3/c1-13(2,17-4)8-12(15)10-6-5-9(16-3)7-11(10)14/h5-7,12,15H,8H2,1-4H3. The van der Waals surface area contributed by atoms with E-state index in [-0.39, 0.29) is 5.56 Å². The van der Waals surface area contributed by atoms with Crippen LogP contribution in [0.15, 0.2) is 18.2 Å². The lowest BCUT2D eigenvalue weighted by atomic mass is 9.95. The number of hydrogen-bond acceptors (Lipinski definition) is 3. The van der Waals surface area contributed by atoms with E-state index in [0.29, 0.717) is 12.2 Å². The molecule has 0 aliphatic carbocycles. The van der Waals surface area contributed by atoms with Gasteiger partial charge in [0.15, 0.2) is 0 Å². The Morgan fingerprint density at radius 3 is 2.47 bits per heavy atom. The molecule has 17 heavy (non-hydrogen) atoms. The first kappa shape index (κ1) is 13.9. The van der Waals surface area contributed by atoms with Crippen LogP contribution < -0.4 is 4.74 Å². The monoisotopic (exact) mass is 242 g/mol. The van der Waals surface area contributed by atoms with Gasteiger partial charge in [0.25, 0.3) is 0 Å². The van der Waals surface area contributed by atoms with Crippen molar-refractivity contribution in [1.82, 2.24) is 0 Å². The van der Waals surface area contributed by atoms with Crippen molar-refractivity contribution in [3.05, 3.63) is 29.6 Å². The first-order chi connectivity index (χ1) is 7.89. The Morgan fingerprint density at radius 2 is 2.00 bits per heavy atom. The van der Waals surface area contributed by atoms with Gasteiger partial charge in [0.2, 0.25) is 0 Å². The molecule has 0 radical (unpaired) electrons. The van der Waals surface area contributed by atoms with Gasteiger partial charge < -0.3 is 14.6 Å². The number of hydrogen-bond donors (Lipinski definition) is 1. The zero-order valence-corrected chi connectivity index (χ0v) is 10.7. The average molecular weight is 242 g/mol. The second-order valence-electron chi connectivity index (χ2n) is 4.57. The Balaban J connectivity index is 2.86. The molecule has 1 aromatic carbocycles. The van der Waals surface area contributed by atoms with Crippen molar-refractivity contribution in [3.63, 3.8) is 0 Å². The molecule has 3 nitrogen and oxygen atoms in total. The maximum atomic E-state index is 13.7. The van der Waals surface area contributed by atoms with E-state index < -0.39 is 17.5 Å². The molecule has 1 unspecified atom stereocenters. The largest absolute Gasteiger partial charge is 0.497 e. The molecule has 1 atom stereocenters. The van der Waals surface area contributed by atoms with E-state index in [9.17, 15) is 9.50 Å². The van der Waals surface area contributed by atoms with Crippen molar-refractivity contribution in [1.29, 1.82) is 0 Å². The van der Waals surface area contributed by atoms with Gasteiger partial charge in [0.05, 0.1) is 18.8 Å². The van der Waals surface area contributed by atoms with Crippen LogP contribution >= 0.6 is 0 Å². The third-order valence-corrected chi connectivity index (χ3v) is 2.80. The van der Waals surface area contributed by atoms with Crippen molar-refractivity contribution in [2.75, 3.05) is 14.2 Å². The lowest BCUT2D eigenvalue weighted by Gasteiger charge is -2.26. The minimum absolute atomic E-state index is 0.260. The molecule has 4 heteroatoms. The number of aliphatic hydroxyl groups is 1. The van der Waals surface area contributed by atoms with Crippen molar-refractivity contribution < 1.29 is 19.0 Å². The van der Waals surface area contributed by atoms with Crippen LogP contribution in [0.3, 0.4) is 0 Å². The number of benzene rings is 1. The fourth-order valence-corrected chi connectivity index (χ4v) is 1.56. The summed E-state index contributed by atoms with van der Waals surface area (Å²) in [6.45, 7) is 3.69. The summed E-state index contributed by atoms with van der Waals surface area (Å²) < 4.78 is 23.8. The molecular formula is C13H19FO3. The normalized spacial score (nSPS) is 13.5. The maximum absolute atomic E-state index is 13.7. The number of rotatable bonds is 5. The lowest BCUT2D eigenvalue weighted by Crippen LogP contribution is -2.25. The van der Waals surface area contributed by atoms with Gasteiger partial charge in [-0.3, -0.25) is 0 Å². The summed E-state index contributed by atoms with van der Waals surface area (Å²) in [5.74, 6) is -0.0341. The minimum atomic E-state index is -0.893. The number of ether oxygens (including phenoxy) is 2. The molecule has 0 aliphatic heterocycles. The zero-order valence-electron chi connectivity index (χ0n) is 10.7. The van der Waals surface area contributed by atoms with Gasteiger partial charge in [-0.1, -0.05) is 0 Å². The number of halogens is 1. The fourth-order valence-electron chi connectivity index (χ4n) is 1.56. The van der Waals surface area contributed by atoms with E-state index >= 15 is 0 Å². The second-order valence-corrected chi connectivity index (χ2v) is 4.57. The highest BCUT2D eigenvalue weighted by atomic mass is 19.1. The molecule has 0 heterocycles. The molecule has 1 N–H and O–H groups in total. The highest BCUT2D eigenvalue weighted by molar-refractivity contribution is 5.30. The predicted octanol–water partition coefficient (Wildman–Crippen LogP) is 2.68. The molecule has 0 amide bonds.